The zero-order valence-corrected chi connectivity index (χ0v) is 13.2. The van der Waals surface area contributed by atoms with Crippen molar-refractivity contribution >= 4 is 27.6 Å². The Morgan fingerprint density at radius 1 is 1.52 bits per heavy atom. The summed E-state index contributed by atoms with van der Waals surface area (Å²) < 4.78 is 7.95. The second-order valence-electron chi connectivity index (χ2n) is 5.07. The Labute approximate surface area is 131 Å². The first-order valence-corrected chi connectivity index (χ1v) is 7.60. The molecule has 0 bridgehead atoms. The number of benzene rings is 1. The summed E-state index contributed by atoms with van der Waals surface area (Å²) in [6.07, 6.45) is 5.78. The van der Waals surface area contributed by atoms with E-state index in [0.717, 1.165) is 28.7 Å². The summed E-state index contributed by atoms with van der Waals surface area (Å²) in [6, 6.07) is 7.59. The maximum absolute atomic E-state index is 12.2. The van der Waals surface area contributed by atoms with Crippen molar-refractivity contribution in [1.82, 2.24) is 9.55 Å². The zero-order chi connectivity index (χ0) is 14.8. The fraction of sp³-hybridized carbons (Fsp3) is 0.333. The molecule has 3 rings (SSSR count). The average Bonchev–Trinajstić information content (AvgIpc) is 3.22. The first-order chi connectivity index (χ1) is 10.2. The van der Waals surface area contributed by atoms with Gasteiger partial charge in [0.25, 0.3) is 0 Å². The first-order valence-electron chi connectivity index (χ1n) is 6.80. The molecule has 1 N–H and O–H groups in total. The molecule has 5 nitrogen and oxygen atoms in total. The highest BCUT2D eigenvalue weighted by molar-refractivity contribution is 9.10. The monoisotopic (exact) mass is 349 g/mol. The lowest BCUT2D eigenvalue weighted by atomic mass is 10.2. The van der Waals surface area contributed by atoms with Crippen LogP contribution < -0.4 is 5.32 Å². The molecule has 2 aromatic rings. The van der Waals surface area contributed by atoms with Gasteiger partial charge in [-0.05, 0) is 31.0 Å². The van der Waals surface area contributed by atoms with Gasteiger partial charge in [0.1, 0.15) is 0 Å². The molecule has 1 unspecified atom stereocenters. The smallest absolute Gasteiger partial charge is 0.334 e. The van der Waals surface area contributed by atoms with Gasteiger partial charge in [0, 0.05) is 16.2 Å². The highest BCUT2D eigenvalue weighted by Gasteiger charge is 2.31. The quantitative estimate of drug-likeness (QED) is 0.841. The van der Waals surface area contributed by atoms with Gasteiger partial charge in [0.2, 0.25) is 0 Å². The number of hydrogen-bond donors (Lipinski definition) is 1. The third-order valence-corrected chi connectivity index (χ3v) is 4.00. The number of carbonyl (C=O) groups is 1. The van der Waals surface area contributed by atoms with Gasteiger partial charge in [-0.2, -0.15) is 0 Å². The number of imidazole rings is 1. The van der Waals surface area contributed by atoms with Gasteiger partial charge in [0.15, 0.2) is 6.04 Å². The molecule has 0 aliphatic heterocycles. The highest BCUT2D eigenvalue weighted by Crippen LogP contribution is 2.37. The lowest BCUT2D eigenvalue weighted by Gasteiger charge is -2.19. The molecule has 1 heterocycles. The van der Waals surface area contributed by atoms with E-state index in [1.165, 1.54) is 7.11 Å². The Bertz CT molecular complexity index is 652. The summed E-state index contributed by atoms with van der Waals surface area (Å²) >= 11 is 3.43. The number of carbonyl (C=O) groups excluding carboxylic acids is 1. The lowest BCUT2D eigenvalue weighted by molar-refractivity contribution is -0.141. The van der Waals surface area contributed by atoms with Crippen molar-refractivity contribution in [2.24, 2.45) is 0 Å². The van der Waals surface area contributed by atoms with Crippen LogP contribution in [0.15, 0.2) is 41.3 Å². The van der Waals surface area contributed by atoms with Gasteiger partial charge in [-0.1, -0.05) is 22.0 Å². The largest absolute Gasteiger partial charge is 0.467 e. The van der Waals surface area contributed by atoms with Gasteiger partial charge in [-0.3, -0.25) is 0 Å². The first kappa shape index (κ1) is 14.1. The standard InChI is InChI=1S/C15H16BrN3O2/c1-21-15(20)14(18-11-4-2-3-10(16)7-11)13-8-17-9-19(13)12-5-6-12/h2-4,7-9,12,14,18H,5-6H2,1H3. The number of nitrogens with one attached hydrogen (secondary N) is 1. The molecule has 0 saturated heterocycles. The van der Waals surface area contributed by atoms with Crippen LogP contribution >= 0.6 is 15.9 Å². The summed E-state index contributed by atoms with van der Waals surface area (Å²) in [6.45, 7) is 0. The van der Waals surface area contributed by atoms with Crippen molar-refractivity contribution in [1.29, 1.82) is 0 Å². The Morgan fingerprint density at radius 2 is 2.33 bits per heavy atom. The molecule has 1 aliphatic carbocycles. The van der Waals surface area contributed by atoms with Crippen molar-refractivity contribution in [3.63, 3.8) is 0 Å². The molecule has 1 aromatic heterocycles. The third-order valence-electron chi connectivity index (χ3n) is 3.50. The van der Waals surface area contributed by atoms with Crippen LogP contribution in [0.5, 0.6) is 0 Å². The summed E-state index contributed by atoms with van der Waals surface area (Å²) in [5.41, 5.74) is 1.69. The predicted molar refractivity (Wildman–Crippen MR) is 83.0 cm³/mol. The highest BCUT2D eigenvalue weighted by atomic mass is 79.9. The maximum Gasteiger partial charge on any atom is 0.334 e. The topological polar surface area (TPSA) is 56.1 Å². The number of halogens is 1. The summed E-state index contributed by atoms with van der Waals surface area (Å²) in [5.74, 6) is -0.322. The number of ether oxygens (including phenoxy) is 1. The van der Waals surface area contributed by atoms with E-state index in [1.54, 1.807) is 12.5 Å². The minimum atomic E-state index is -0.563. The molecule has 6 heteroatoms. The SMILES string of the molecule is COC(=O)C(Nc1cccc(Br)c1)c1cncn1C1CC1. The molecule has 0 spiro atoms. The molecule has 110 valence electrons. The summed E-state index contributed by atoms with van der Waals surface area (Å²) in [7, 11) is 1.40. The molecular formula is C15H16BrN3O2. The molecular weight excluding hydrogens is 334 g/mol. The van der Waals surface area contributed by atoms with E-state index >= 15 is 0 Å². The molecule has 0 amide bonds. The van der Waals surface area contributed by atoms with Crippen LogP contribution in [-0.2, 0) is 9.53 Å². The Hall–Kier alpha value is -1.82. The van der Waals surface area contributed by atoms with Gasteiger partial charge in [-0.25, -0.2) is 9.78 Å². The molecule has 1 aromatic carbocycles. The number of aromatic nitrogens is 2. The molecule has 1 saturated carbocycles. The fourth-order valence-corrected chi connectivity index (χ4v) is 2.71. The average molecular weight is 350 g/mol. The number of esters is 1. The van der Waals surface area contributed by atoms with Gasteiger partial charge in [0.05, 0.1) is 25.3 Å². The minimum Gasteiger partial charge on any atom is -0.467 e. The van der Waals surface area contributed by atoms with E-state index in [1.807, 2.05) is 24.3 Å². The van der Waals surface area contributed by atoms with Crippen LogP contribution in [0.3, 0.4) is 0 Å². The Morgan fingerprint density at radius 3 is 3.00 bits per heavy atom. The van der Waals surface area contributed by atoms with Crippen molar-refractivity contribution in [3.05, 3.63) is 47.0 Å². The third kappa shape index (κ3) is 3.10. The van der Waals surface area contributed by atoms with Crippen molar-refractivity contribution in [3.8, 4) is 0 Å². The normalized spacial score (nSPS) is 15.5. The van der Waals surface area contributed by atoms with Crippen LogP contribution in [0.4, 0.5) is 5.69 Å². The summed E-state index contributed by atoms with van der Waals surface area (Å²) in [5, 5.41) is 3.23. The molecule has 1 aliphatic rings. The van der Waals surface area contributed by atoms with E-state index in [-0.39, 0.29) is 5.97 Å². The number of nitrogens with zero attached hydrogens (tertiary/aromatic N) is 2. The Kier molecular flexibility index (Phi) is 3.96. The molecule has 1 atom stereocenters. The van der Waals surface area contributed by atoms with Crippen molar-refractivity contribution in [2.45, 2.75) is 24.9 Å². The van der Waals surface area contributed by atoms with E-state index in [2.05, 4.69) is 30.8 Å². The van der Waals surface area contributed by atoms with Crippen molar-refractivity contribution < 1.29 is 9.53 Å². The van der Waals surface area contributed by atoms with Crippen LogP contribution in [0.25, 0.3) is 0 Å². The number of anilines is 1. The van der Waals surface area contributed by atoms with E-state index in [4.69, 9.17) is 4.74 Å². The lowest BCUT2D eigenvalue weighted by Crippen LogP contribution is -2.24. The fourth-order valence-electron chi connectivity index (χ4n) is 2.31. The summed E-state index contributed by atoms with van der Waals surface area (Å²) in [4.78, 5) is 16.3. The second kappa shape index (κ2) is 5.89. The van der Waals surface area contributed by atoms with Gasteiger partial charge in [-0.15, -0.1) is 0 Å². The predicted octanol–water partition coefficient (Wildman–Crippen LogP) is 3.31. The van der Waals surface area contributed by atoms with Crippen LogP contribution in [0, 0.1) is 0 Å². The minimum absolute atomic E-state index is 0.322. The Balaban J connectivity index is 1.90. The van der Waals surface area contributed by atoms with E-state index < -0.39 is 6.04 Å². The van der Waals surface area contributed by atoms with E-state index in [0.29, 0.717) is 6.04 Å². The van der Waals surface area contributed by atoms with E-state index in [9.17, 15) is 4.79 Å². The van der Waals surface area contributed by atoms with Crippen LogP contribution in [-0.4, -0.2) is 22.6 Å². The molecule has 0 radical (unpaired) electrons. The number of methoxy groups -OCH3 is 1. The van der Waals surface area contributed by atoms with Crippen LogP contribution in [0.2, 0.25) is 0 Å². The molecule has 21 heavy (non-hydrogen) atoms. The number of rotatable bonds is 5. The molecule has 1 fully saturated rings. The number of hydrogen-bond acceptors (Lipinski definition) is 4. The maximum atomic E-state index is 12.2. The van der Waals surface area contributed by atoms with Crippen LogP contribution in [0.1, 0.15) is 30.6 Å². The van der Waals surface area contributed by atoms with Gasteiger partial charge >= 0.3 is 5.97 Å². The van der Waals surface area contributed by atoms with Crippen molar-refractivity contribution in [2.75, 3.05) is 12.4 Å². The second-order valence-corrected chi connectivity index (χ2v) is 5.98. The van der Waals surface area contributed by atoms with Gasteiger partial charge < -0.3 is 14.6 Å². The zero-order valence-electron chi connectivity index (χ0n) is 11.6.